The molecule has 1 N–H and O–H groups in total. The minimum Gasteiger partial charge on any atom is -0.390 e. The smallest absolute Gasteiger partial charge is 0.178 e. The lowest BCUT2D eigenvalue weighted by Crippen LogP contribution is -2.69. The van der Waals surface area contributed by atoms with Gasteiger partial charge in [-0.1, -0.05) is 18.6 Å². The lowest BCUT2D eigenvalue weighted by atomic mass is 9.44. The number of carbonyl (C=O) groups excluding carboxylic acids is 2. The highest BCUT2D eigenvalue weighted by Gasteiger charge is 2.79. The van der Waals surface area contributed by atoms with Gasteiger partial charge in [0, 0.05) is 16.7 Å². The van der Waals surface area contributed by atoms with Crippen LogP contribution in [0.1, 0.15) is 53.4 Å². The fraction of sp³-hybridized carbons (Fsp3) is 0.750. The second kappa shape index (κ2) is 6.31. The molecule has 7 heteroatoms. The molecule has 170 valence electrons. The van der Waals surface area contributed by atoms with Crippen molar-refractivity contribution in [2.75, 3.05) is 5.75 Å². The first-order chi connectivity index (χ1) is 14.4. The largest absolute Gasteiger partial charge is 0.390 e. The van der Waals surface area contributed by atoms with Crippen molar-refractivity contribution in [3.8, 4) is 0 Å². The summed E-state index contributed by atoms with van der Waals surface area (Å²) in [5.74, 6) is -1.92. The Kier molecular flexibility index (Phi) is 4.44. The first-order valence-corrected chi connectivity index (χ1v) is 11.8. The molecule has 1 saturated heterocycles. The summed E-state index contributed by atoms with van der Waals surface area (Å²) in [5, 5.41) is 11.4. The van der Waals surface area contributed by atoms with Crippen LogP contribution >= 0.6 is 12.6 Å². The molecule has 0 aromatic heterocycles. The zero-order valence-electron chi connectivity index (χ0n) is 18.5. The average Bonchev–Trinajstić information content (AvgIpc) is 3.09. The van der Waals surface area contributed by atoms with Crippen molar-refractivity contribution in [1.29, 1.82) is 0 Å². The van der Waals surface area contributed by atoms with E-state index >= 15 is 4.39 Å². The first-order valence-electron chi connectivity index (χ1n) is 11.2. The topological polar surface area (TPSA) is 72.8 Å². The standard InChI is InChI=1S/C24H31FO5S/c1-20(2)29-19-10-16-15-6-5-13-9-14(26)7-8-21(13,3)23(15,25)17(27)11-22(16,4)24(19,30-20)18(28)12-31/h7-9,15-17,19,27,31H,5-6,10-12H2,1-4H3/t15-,16-,17-,19+,21-,22-,23-,24+/m0/s1. The third kappa shape index (κ3) is 2.39. The van der Waals surface area contributed by atoms with Crippen LogP contribution in [0, 0.1) is 22.7 Å². The molecule has 4 aliphatic carbocycles. The van der Waals surface area contributed by atoms with Crippen LogP contribution in [0.4, 0.5) is 4.39 Å². The van der Waals surface area contributed by atoms with Gasteiger partial charge in [0.15, 0.2) is 28.6 Å². The molecular weight excluding hydrogens is 419 g/mol. The van der Waals surface area contributed by atoms with E-state index < -0.39 is 46.0 Å². The molecule has 4 fully saturated rings. The first kappa shape index (κ1) is 21.8. The second-order valence-electron chi connectivity index (χ2n) is 10.9. The highest BCUT2D eigenvalue weighted by molar-refractivity contribution is 7.81. The third-order valence-electron chi connectivity index (χ3n) is 9.19. The highest BCUT2D eigenvalue weighted by atomic mass is 32.1. The van der Waals surface area contributed by atoms with Gasteiger partial charge in [0.2, 0.25) is 0 Å². The van der Waals surface area contributed by atoms with Gasteiger partial charge in [-0.3, -0.25) is 9.59 Å². The van der Waals surface area contributed by atoms with Gasteiger partial charge in [0.25, 0.3) is 0 Å². The van der Waals surface area contributed by atoms with E-state index in [0.29, 0.717) is 19.3 Å². The number of allylic oxidation sites excluding steroid dienone is 4. The Balaban J connectivity index is 1.64. The zero-order chi connectivity index (χ0) is 22.6. The molecule has 31 heavy (non-hydrogen) atoms. The Morgan fingerprint density at radius 1 is 1.29 bits per heavy atom. The van der Waals surface area contributed by atoms with Crippen molar-refractivity contribution < 1.29 is 28.6 Å². The summed E-state index contributed by atoms with van der Waals surface area (Å²) in [4.78, 5) is 25.3. The maximum Gasteiger partial charge on any atom is 0.178 e. The molecule has 1 aliphatic heterocycles. The molecule has 0 aromatic carbocycles. The molecular formula is C24H31FO5S. The van der Waals surface area contributed by atoms with Gasteiger partial charge in [0.1, 0.15) is 0 Å². The third-order valence-corrected chi connectivity index (χ3v) is 9.48. The summed E-state index contributed by atoms with van der Waals surface area (Å²) in [7, 11) is 0. The van der Waals surface area contributed by atoms with E-state index in [2.05, 4.69) is 12.6 Å². The molecule has 5 nitrogen and oxygen atoms in total. The maximum atomic E-state index is 17.2. The van der Waals surface area contributed by atoms with Gasteiger partial charge in [0.05, 0.1) is 18.0 Å². The van der Waals surface area contributed by atoms with Gasteiger partial charge in [-0.25, -0.2) is 4.39 Å². The Morgan fingerprint density at radius 3 is 2.68 bits per heavy atom. The van der Waals surface area contributed by atoms with Crippen LogP contribution in [0.15, 0.2) is 23.8 Å². The van der Waals surface area contributed by atoms with Gasteiger partial charge in [-0.2, -0.15) is 12.6 Å². The number of Topliss-reactive ketones (excluding diaryl/α,β-unsaturated/α-hetero) is 1. The summed E-state index contributed by atoms with van der Waals surface area (Å²) < 4.78 is 29.7. The number of alkyl halides is 1. The fourth-order valence-electron chi connectivity index (χ4n) is 7.93. The van der Waals surface area contributed by atoms with Crippen LogP contribution in [0.2, 0.25) is 0 Å². The highest BCUT2D eigenvalue weighted by Crippen LogP contribution is 2.72. The number of carbonyl (C=O) groups is 2. The van der Waals surface area contributed by atoms with Gasteiger partial charge < -0.3 is 14.6 Å². The Bertz CT molecular complexity index is 929. The summed E-state index contributed by atoms with van der Waals surface area (Å²) >= 11 is 4.26. The van der Waals surface area contributed by atoms with Crippen LogP contribution in [0.3, 0.4) is 0 Å². The monoisotopic (exact) mass is 450 g/mol. The van der Waals surface area contributed by atoms with Crippen molar-refractivity contribution in [3.63, 3.8) is 0 Å². The Morgan fingerprint density at radius 2 is 2.00 bits per heavy atom. The number of halogens is 1. The molecule has 0 amide bonds. The molecule has 0 spiro atoms. The number of fused-ring (bicyclic) bond motifs is 7. The van der Waals surface area contributed by atoms with E-state index in [1.807, 2.05) is 6.92 Å². The molecule has 5 rings (SSSR count). The van der Waals surface area contributed by atoms with E-state index in [-0.39, 0.29) is 29.7 Å². The van der Waals surface area contributed by atoms with Crippen LogP contribution in [0.5, 0.6) is 0 Å². The van der Waals surface area contributed by atoms with E-state index in [1.54, 1.807) is 26.8 Å². The summed E-state index contributed by atoms with van der Waals surface area (Å²) in [6.07, 6.45) is 4.47. The van der Waals surface area contributed by atoms with E-state index in [0.717, 1.165) is 5.57 Å². The number of hydrogen-bond acceptors (Lipinski definition) is 6. The predicted molar refractivity (Wildman–Crippen MR) is 115 cm³/mol. The van der Waals surface area contributed by atoms with Crippen molar-refractivity contribution in [2.45, 2.75) is 82.6 Å². The molecule has 1 heterocycles. The molecule has 5 aliphatic rings. The number of aliphatic hydroxyl groups excluding tert-OH is 1. The van der Waals surface area contributed by atoms with Crippen LogP contribution in [-0.4, -0.2) is 51.7 Å². The van der Waals surface area contributed by atoms with Crippen molar-refractivity contribution in [3.05, 3.63) is 23.8 Å². The van der Waals surface area contributed by atoms with E-state index in [1.165, 1.54) is 12.2 Å². The van der Waals surface area contributed by atoms with E-state index in [4.69, 9.17) is 9.47 Å². The van der Waals surface area contributed by atoms with Crippen LogP contribution in [-0.2, 0) is 19.1 Å². The maximum absolute atomic E-state index is 17.2. The van der Waals surface area contributed by atoms with Gasteiger partial charge >= 0.3 is 0 Å². The molecule has 8 atom stereocenters. The van der Waals surface area contributed by atoms with Crippen molar-refractivity contribution >= 4 is 24.2 Å². The normalized spacial score (nSPS) is 52.1. The number of hydrogen-bond donors (Lipinski definition) is 2. The quantitative estimate of drug-likeness (QED) is 0.632. The minimum absolute atomic E-state index is 0.00473. The lowest BCUT2D eigenvalue weighted by molar-refractivity contribution is -0.245. The summed E-state index contributed by atoms with van der Waals surface area (Å²) in [6.45, 7) is 7.33. The number of thiol groups is 1. The lowest BCUT2D eigenvalue weighted by Gasteiger charge is -2.62. The molecule has 0 radical (unpaired) electrons. The second-order valence-corrected chi connectivity index (χ2v) is 11.2. The van der Waals surface area contributed by atoms with Crippen molar-refractivity contribution in [1.82, 2.24) is 0 Å². The number of ether oxygens (including phenoxy) is 2. The number of rotatable bonds is 2. The van der Waals surface area contributed by atoms with Gasteiger partial charge in [-0.05, 0) is 64.5 Å². The SMILES string of the molecule is CC1(C)O[C@@H]2C[C@H]3[C@@H]4CCC5=CC(=O)C=C[C@]5(C)[C@@]4(F)[C@@H](O)C[C@]3(C)[C@]2(C(=O)CS)O1. The van der Waals surface area contributed by atoms with Crippen LogP contribution < -0.4 is 0 Å². The summed E-state index contributed by atoms with van der Waals surface area (Å²) in [6, 6.07) is 0. The molecule has 0 bridgehead atoms. The minimum atomic E-state index is -1.93. The fourth-order valence-corrected chi connectivity index (χ4v) is 8.16. The predicted octanol–water partition coefficient (Wildman–Crippen LogP) is 3.36. The van der Waals surface area contributed by atoms with Gasteiger partial charge in [-0.15, -0.1) is 0 Å². The Hall–Kier alpha value is -1.02. The molecule has 0 aromatic rings. The molecule has 3 saturated carbocycles. The van der Waals surface area contributed by atoms with Crippen LogP contribution in [0.25, 0.3) is 0 Å². The number of aliphatic hydroxyl groups is 1. The zero-order valence-corrected chi connectivity index (χ0v) is 19.4. The average molecular weight is 451 g/mol. The number of ketones is 2. The van der Waals surface area contributed by atoms with E-state index in [9.17, 15) is 14.7 Å². The Labute approximate surface area is 187 Å². The molecule has 0 unspecified atom stereocenters. The van der Waals surface area contributed by atoms with Crippen molar-refractivity contribution in [2.24, 2.45) is 22.7 Å². The summed E-state index contributed by atoms with van der Waals surface area (Å²) in [5.41, 5.74) is -4.27.